The quantitative estimate of drug-likeness (QED) is 0.698. The number of carbonyl (C=O) groups is 1. The van der Waals surface area contributed by atoms with Crippen LogP contribution in [-0.2, 0) is 0 Å². The van der Waals surface area contributed by atoms with Gasteiger partial charge in [0, 0.05) is 14.8 Å². The highest BCUT2D eigenvalue weighted by atomic mass is 127. The number of rotatable bonds is 2. The van der Waals surface area contributed by atoms with Crippen LogP contribution in [0.3, 0.4) is 0 Å². The molecule has 2 nitrogen and oxygen atoms in total. The van der Waals surface area contributed by atoms with E-state index in [1.54, 1.807) is 18.2 Å². The maximum Gasteiger partial charge on any atom is 0.255 e. The van der Waals surface area contributed by atoms with Crippen LogP contribution < -0.4 is 5.32 Å². The maximum atomic E-state index is 12.3. The molecule has 0 aliphatic heterocycles. The van der Waals surface area contributed by atoms with Gasteiger partial charge in [-0.2, -0.15) is 0 Å². The highest BCUT2D eigenvalue weighted by Crippen LogP contribution is 2.24. The second-order valence-corrected chi connectivity index (χ2v) is 6.43. The average Bonchev–Trinajstić information content (AvgIpc) is 2.36. The molecule has 0 heterocycles. The number of aryl methyl sites for hydroxylation is 3. The summed E-state index contributed by atoms with van der Waals surface area (Å²) in [6.45, 7) is 6.05. The summed E-state index contributed by atoms with van der Waals surface area (Å²) >= 11 is 8.09. The fourth-order valence-electron chi connectivity index (χ4n) is 2.20. The molecule has 0 radical (unpaired) electrons. The van der Waals surface area contributed by atoms with E-state index >= 15 is 0 Å². The molecule has 0 spiro atoms. The monoisotopic (exact) mass is 399 g/mol. The Morgan fingerprint density at radius 3 is 2.25 bits per heavy atom. The molecule has 0 fully saturated rings. The zero-order chi connectivity index (χ0) is 14.9. The first-order valence-corrected chi connectivity index (χ1v) is 7.68. The minimum atomic E-state index is -0.116. The van der Waals surface area contributed by atoms with Gasteiger partial charge in [0.2, 0.25) is 0 Å². The van der Waals surface area contributed by atoms with E-state index in [0.717, 1.165) is 20.4 Å². The van der Waals surface area contributed by atoms with Gasteiger partial charge >= 0.3 is 0 Å². The molecule has 20 heavy (non-hydrogen) atoms. The van der Waals surface area contributed by atoms with Crippen molar-refractivity contribution < 1.29 is 4.79 Å². The molecule has 0 atom stereocenters. The second-order valence-electron chi connectivity index (χ2n) is 4.86. The topological polar surface area (TPSA) is 29.1 Å². The third-order valence-corrected chi connectivity index (χ3v) is 4.64. The number of carbonyl (C=O) groups excluding carboxylic acids is 1. The Labute approximate surface area is 137 Å². The Morgan fingerprint density at radius 2 is 1.70 bits per heavy atom. The summed E-state index contributed by atoms with van der Waals surface area (Å²) < 4.78 is 0.870. The third kappa shape index (κ3) is 3.33. The van der Waals surface area contributed by atoms with E-state index in [1.165, 1.54) is 5.56 Å². The Bertz CT molecular complexity index is 659. The van der Waals surface area contributed by atoms with Crippen molar-refractivity contribution in [2.45, 2.75) is 20.8 Å². The van der Waals surface area contributed by atoms with Crippen molar-refractivity contribution in [3.8, 4) is 0 Å². The smallest absolute Gasteiger partial charge is 0.255 e. The summed E-state index contributed by atoms with van der Waals surface area (Å²) in [5, 5.41) is 3.64. The van der Waals surface area contributed by atoms with Crippen LogP contribution in [0, 0.1) is 24.3 Å². The highest BCUT2D eigenvalue weighted by molar-refractivity contribution is 14.1. The van der Waals surface area contributed by atoms with Crippen molar-refractivity contribution in [2.75, 3.05) is 5.32 Å². The van der Waals surface area contributed by atoms with Crippen molar-refractivity contribution in [3.63, 3.8) is 0 Å². The van der Waals surface area contributed by atoms with Crippen LogP contribution in [0.25, 0.3) is 0 Å². The predicted molar refractivity (Wildman–Crippen MR) is 92.8 cm³/mol. The first-order chi connectivity index (χ1) is 9.38. The summed E-state index contributed by atoms with van der Waals surface area (Å²) in [5.41, 5.74) is 4.82. The molecular weight excluding hydrogens is 385 g/mol. The van der Waals surface area contributed by atoms with Gasteiger partial charge in [-0.25, -0.2) is 0 Å². The lowest BCUT2D eigenvalue weighted by Gasteiger charge is -2.13. The van der Waals surface area contributed by atoms with Gasteiger partial charge in [0.05, 0.1) is 5.02 Å². The second kappa shape index (κ2) is 6.14. The normalized spacial score (nSPS) is 10.4. The van der Waals surface area contributed by atoms with Crippen molar-refractivity contribution in [2.24, 2.45) is 0 Å². The number of amides is 1. The Balaban J connectivity index is 2.30. The van der Waals surface area contributed by atoms with Gasteiger partial charge in [-0.15, -0.1) is 0 Å². The van der Waals surface area contributed by atoms with Crippen LogP contribution in [0.4, 0.5) is 5.69 Å². The number of benzene rings is 2. The lowest BCUT2D eigenvalue weighted by atomic mass is 10.0. The number of hydrogen-bond donors (Lipinski definition) is 1. The molecule has 0 aliphatic rings. The maximum absolute atomic E-state index is 12.3. The van der Waals surface area contributed by atoms with E-state index in [-0.39, 0.29) is 5.91 Å². The number of halogens is 2. The van der Waals surface area contributed by atoms with E-state index in [1.807, 2.05) is 20.8 Å². The van der Waals surface area contributed by atoms with Crippen LogP contribution in [0.2, 0.25) is 5.02 Å². The summed E-state index contributed by atoms with van der Waals surface area (Å²) in [5.74, 6) is -0.116. The predicted octanol–water partition coefficient (Wildman–Crippen LogP) is 5.12. The Morgan fingerprint density at radius 1 is 1.10 bits per heavy atom. The minimum Gasteiger partial charge on any atom is -0.322 e. The summed E-state index contributed by atoms with van der Waals surface area (Å²) in [7, 11) is 0. The van der Waals surface area contributed by atoms with Crippen molar-refractivity contribution >= 4 is 45.8 Å². The average molecular weight is 400 g/mol. The molecule has 104 valence electrons. The first-order valence-electron chi connectivity index (χ1n) is 6.22. The molecule has 0 bridgehead atoms. The fourth-order valence-corrected chi connectivity index (χ4v) is 2.83. The van der Waals surface area contributed by atoms with Crippen LogP contribution in [0.1, 0.15) is 27.0 Å². The lowest BCUT2D eigenvalue weighted by Crippen LogP contribution is -2.14. The van der Waals surface area contributed by atoms with E-state index in [9.17, 15) is 4.79 Å². The largest absolute Gasteiger partial charge is 0.322 e. The molecule has 2 aromatic carbocycles. The van der Waals surface area contributed by atoms with Gasteiger partial charge in [-0.3, -0.25) is 4.79 Å². The molecular formula is C16H15ClINO. The third-order valence-electron chi connectivity index (χ3n) is 3.10. The van der Waals surface area contributed by atoms with Crippen LogP contribution in [0.5, 0.6) is 0 Å². The first kappa shape index (κ1) is 15.3. The van der Waals surface area contributed by atoms with Crippen LogP contribution in [-0.4, -0.2) is 5.91 Å². The molecule has 2 rings (SSSR count). The zero-order valence-electron chi connectivity index (χ0n) is 11.6. The van der Waals surface area contributed by atoms with E-state index in [2.05, 4.69) is 40.0 Å². The Kier molecular flexibility index (Phi) is 4.70. The van der Waals surface area contributed by atoms with Crippen molar-refractivity contribution in [1.82, 2.24) is 0 Å². The molecule has 1 amide bonds. The molecule has 0 aromatic heterocycles. The van der Waals surface area contributed by atoms with Gasteiger partial charge in [-0.1, -0.05) is 29.3 Å². The fraction of sp³-hybridized carbons (Fsp3) is 0.188. The Hall–Kier alpha value is -1.07. The summed E-state index contributed by atoms with van der Waals surface area (Å²) in [4.78, 5) is 12.3. The molecule has 0 saturated carbocycles. The van der Waals surface area contributed by atoms with Gasteiger partial charge in [-0.05, 0) is 72.7 Å². The lowest BCUT2D eigenvalue weighted by molar-refractivity contribution is 0.102. The van der Waals surface area contributed by atoms with E-state index in [4.69, 9.17) is 11.6 Å². The van der Waals surface area contributed by atoms with Crippen LogP contribution >= 0.6 is 34.2 Å². The van der Waals surface area contributed by atoms with Gasteiger partial charge in [0.1, 0.15) is 0 Å². The molecule has 4 heteroatoms. The molecule has 0 unspecified atom stereocenters. The SMILES string of the molecule is Cc1cc(C)c(NC(=O)c2ccc(Cl)c(I)c2)c(C)c1. The summed E-state index contributed by atoms with van der Waals surface area (Å²) in [6, 6.07) is 9.39. The van der Waals surface area contributed by atoms with Gasteiger partial charge < -0.3 is 5.32 Å². The highest BCUT2D eigenvalue weighted by Gasteiger charge is 2.11. The van der Waals surface area contributed by atoms with Gasteiger partial charge in [0.15, 0.2) is 0 Å². The van der Waals surface area contributed by atoms with Crippen molar-refractivity contribution in [1.29, 1.82) is 0 Å². The number of anilines is 1. The standard InChI is InChI=1S/C16H15ClINO/c1-9-6-10(2)15(11(3)7-9)19-16(20)12-4-5-13(17)14(18)8-12/h4-8H,1-3H3,(H,19,20). The molecule has 0 aliphatic carbocycles. The molecule has 0 saturated heterocycles. The minimum absolute atomic E-state index is 0.116. The molecule has 2 aromatic rings. The number of nitrogens with one attached hydrogen (secondary N) is 1. The van der Waals surface area contributed by atoms with E-state index < -0.39 is 0 Å². The van der Waals surface area contributed by atoms with E-state index in [0.29, 0.717) is 10.6 Å². The summed E-state index contributed by atoms with van der Waals surface area (Å²) in [6.07, 6.45) is 0. The number of hydrogen-bond acceptors (Lipinski definition) is 1. The zero-order valence-corrected chi connectivity index (χ0v) is 14.5. The van der Waals surface area contributed by atoms with Crippen molar-refractivity contribution in [3.05, 3.63) is 61.2 Å². The van der Waals surface area contributed by atoms with Crippen LogP contribution in [0.15, 0.2) is 30.3 Å². The molecule has 1 N–H and O–H groups in total. The van der Waals surface area contributed by atoms with Gasteiger partial charge in [0.25, 0.3) is 5.91 Å².